The molecule has 1 rings (SSSR count). The summed E-state index contributed by atoms with van der Waals surface area (Å²) < 4.78 is 16.3. The molecule has 116 valence electrons. The van der Waals surface area contributed by atoms with Gasteiger partial charge in [0, 0.05) is 32.8 Å². The van der Waals surface area contributed by atoms with Gasteiger partial charge >= 0.3 is 8.80 Å². The fraction of sp³-hybridized carbons (Fsp3) is 0.643. The van der Waals surface area contributed by atoms with E-state index in [0.29, 0.717) is 26.2 Å². The number of rotatable bonds is 8. The van der Waals surface area contributed by atoms with Gasteiger partial charge in [0.25, 0.3) is 0 Å². The molecule has 1 heterocycles. The van der Waals surface area contributed by atoms with E-state index in [1.54, 1.807) is 16.8 Å². The van der Waals surface area contributed by atoms with Crippen LogP contribution in [0.2, 0.25) is 0 Å². The van der Waals surface area contributed by atoms with Crippen LogP contribution < -0.4 is 0 Å². The Morgan fingerprint density at radius 3 is 1.85 bits per heavy atom. The van der Waals surface area contributed by atoms with Gasteiger partial charge in [-0.3, -0.25) is 4.79 Å². The Labute approximate surface area is 123 Å². The maximum atomic E-state index is 10.7. The first-order chi connectivity index (χ1) is 9.59. The summed E-state index contributed by atoms with van der Waals surface area (Å²) in [6, 6.07) is 0. The lowest BCUT2D eigenvalue weighted by molar-refractivity contribution is -0.125. The molecule has 0 saturated carbocycles. The van der Waals surface area contributed by atoms with E-state index in [-0.39, 0.29) is 5.91 Å². The lowest BCUT2D eigenvalue weighted by Gasteiger charge is -2.24. The first-order valence-corrected chi connectivity index (χ1v) is 8.86. The van der Waals surface area contributed by atoms with Crippen LogP contribution in [0, 0.1) is 0 Å². The molecule has 1 saturated heterocycles. The maximum Gasteiger partial charge on any atom is 0.528 e. The van der Waals surface area contributed by atoms with Crippen LogP contribution in [0.15, 0.2) is 25.1 Å². The van der Waals surface area contributed by atoms with Crippen LogP contribution in [0.3, 0.4) is 0 Å². The quantitative estimate of drug-likeness (QED) is 0.646. The van der Waals surface area contributed by atoms with Gasteiger partial charge in [0.15, 0.2) is 0 Å². The molecule has 20 heavy (non-hydrogen) atoms. The Hall–Kier alpha value is -0.953. The van der Waals surface area contributed by atoms with Crippen LogP contribution >= 0.6 is 0 Å². The molecule has 1 amide bonds. The van der Waals surface area contributed by atoms with Gasteiger partial charge in [0.1, 0.15) is 0 Å². The third-order valence-corrected chi connectivity index (χ3v) is 5.19. The normalized spacial score (nSPS) is 14.8. The molecule has 0 aliphatic carbocycles. The van der Waals surface area contributed by atoms with E-state index >= 15 is 0 Å². The number of hydrogen-bond donors (Lipinski definition) is 0. The van der Waals surface area contributed by atoms with Crippen molar-refractivity contribution >= 4 is 14.7 Å². The van der Waals surface area contributed by atoms with Gasteiger partial charge < -0.3 is 18.2 Å². The van der Waals surface area contributed by atoms with Crippen molar-refractivity contribution in [2.24, 2.45) is 0 Å². The van der Waals surface area contributed by atoms with Gasteiger partial charge in [-0.25, -0.2) is 0 Å². The second-order valence-corrected chi connectivity index (χ2v) is 6.46. The summed E-state index contributed by atoms with van der Waals surface area (Å²) in [6.07, 6.45) is 3.28. The Balaban J connectivity index is 0.000000388. The summed E-state index contributed by atoms with van der Waals surface area (Å²) in [5.41, 5.74) is 1.67. The molecule has 0 radical (unpaired) electrons. The van der Waals surface area contributed by atoms with Crippen molar-refractivity contribution in [1.82, 2.24) is 4.90 Å². The minimum atomic E-state index is -2.51. The van der Waals surface area contributed by atoms with Gasteiger partial charge in [-0.2, -0.15) is 0 Å². The highest BCUT2D eigenvalue weighted by atomic mass is 28.4. The largest absolute Gasteiger partial charge is 0.528 e. The molecule has 0 unspecified atom stereocenters. The van der Waals surface area contributed by atoms with E-state index < -0.39 is 8.80 Å². The molecule has 0 aromatic rings. The first kappa shape index (κ1) is 19.0. The second-order valence-electron chi connectivity index (χ2n) is 3.98. The number of likely N-dealkylation sites (tertiary alicyclic amines) is 1. The zero-order valence-corrected chi connectivity index (χ0v) is 13.9. The molecule has 1 aliphatic rings. The average molecular weight is 301 g/mol. The van der Waals surface area contributed by atoms with Crippen molar-refractivity contribution < 1.29 is 18.1 Å². The fourth-order valence-electron chi connectivity index (χ4n) is 1.77. The summed E-state index contributed by atoms with van der Waals surface area (Å²) in [4.78, 5) is 12.3. The third-order valence-electron chi connectivity index (χ3n) is 2.62. The number of amides is 1. The highest BCUT2D eigenvalue weighted by molar-refractivity contribution is 6.66. The maximum absolute atomic E-state index is 10.7. The molecule has 0 bridgehead atoms. The SMILES string of the molecule is C=CN1CCCC1=O.C=C[Si](OCC)(OCC)OCC. The molecule has 1 aliphatic heterocycles. The van der Waals surface area contributed by atoms with Crippen molar-refractivity contribution in [2.45, 2.75) is 33.6 Å². The van der Waals surface area contributed by atoms with Crippen LogP contribution in [-0.4, -0.2) is 46.0 Å². The summed E-state index contributed by atoms with van der Waals surface area (Å²) in [6.45, 7) is 15.6. The Kier molecular flexibility index (Phi) is 10.3. The van der Waals surface area contributed by atoms with Gasteiger partial charge in [-0.15, -0.1) is 0 Å². The molecule has 5 nitrogen and oxygen atoms in total. The number of nitrogens with zero attached hydrogens (tertiary/aromatic N) is 1. The zero-order valence-electron chi connectivity index (χ0n) is 12.9. The summed E-state index contributed by atoms with van der Waals surface area (Å²) in [7, 11) is -2.51. The van der Waals surface area contributed by atoms with Crippen molar-refractivity contribution in [3.05, 3.63) is 25.1 Å². The van der Waals surface area contributed by atoms with E-state index in [2.05, 4.69) is 13.2 Å². The molecule has 0 spiro atoms. The van der Waals surface area contributed by atoms with Gasteiger partial charge in [0.05, 0.1) is 0 Å². The van der Waals surface area contributed by atoms with Crippen LogP contribution in [0.25, 0.3) is 0 Å². The molecular weight excluding hydrogens is 274 g/mol. The monoisotopic (exact) mass is 301 g/mol. The van der Waals surface area contributed by atoms with E-state index in [0.717, 1.165) is 13.0 Å². The molecule has 0 aromatic heterocycles. The summed E-state index contributed by atoms with van der Waals surface area (Å²) >= 11 is 0. The van der Waals surface area contributed by atoms with Crippen LogP contribution in [0.5, 0.6) is 0 Å². The molecule has 0 aromatic carbocycles. The molecule has 0 atom stereocenters. The number of carbonyl (C=O) groups is 1. The third kappa shape index (κ3) is 6.47. The van der Waals surface area contributed by atoms with Crippen molar-refractivity contribution in [3.8, 4) is 0 Å². The highest BCUT2D eigenvalue weighted by Crippen LogP contribution is 2.10. The predicted molar refractivity (Wildman–Crippen MR) is 82.0 cm³/mol. The van der Waals surface area contributed by atoms with E-state index in [1.165, 1.54) is 0 Å². The summed E-state index contributed by atoms with van der Waals surface area (Å²) in [5.74, 6) is 0.208. The Bertz CT molecular complexity index is 293. The molecule has 1 fully saturated rings. The smallest absolute Gasteiger partial charge is 0.371 e. The number of hydrogen-bond acceptors (Lipinski definition) is 4. The lowest BCUT2D eigenvalue weighted by atomic mass is 10.4. The van der Waals surface area contributed by atoms with Gasteiger partial charge in [0.2, 0.25) is 5.91 Å². The first-order valence-electron chi connectivity index (χ1n) is 7.06. The Morgan fingerprint density at radius 2 is 1.65 bits per heavy atom. The lowest BCUT2D eigenvalue weighted by Crippen LogP contribution is -2.44. The molecular formula is C14H27NO4Si. The van der Waals surface area contributed by atoms with E-state index in [9.17, 15) is 4.79 Å². The van der Waals surface area contributed by atoms with E-state index in [4.69, 9.17) is 13.3 Å². The van der Waals surface area contributed by atoms with Crippen LogP contribution in [0.4, 0.5) is 0 Å². The average Bonchev–Trinajstić information content (AvgIpc) is 2.85. The highest BCUT2D eigenvalue weighted by Gasteiger charge is 2.36. The van der Waals surface area contributed by atoms with Crippen molar-refractivity contribution in [1.29, 1.82) is 0 Å². The predicted octanol–water partition coefficient (Wildman–Crippen LogP) is 2.51. The summed E-state index contributed by atoms with van der Waals surface area (Å²) in [5, 5.41) is 0. The van der Waals surface area contributed by atoms with Crippen LogP contribution in [-0.2, 0) is 18.1 Å². The minimum Gasteiger partial charge on any atom is -0.371 e. The Morgan fingerprint density at radius 1 is 1.15 bits per heavy atom. The van der Waals surface area contributed by atoms with Crippen molar-refractivity contribution in [2.75, 3.05) is 26.4 Å². The van der Waals surface area contributed by atoms with Crippen molar-refractivity contribution in [3.63, 3.8) is 0 Å². The zero-order chi connectivity index (χ0) is 15.4. The van der Waals surface area contributed by atoms with Gasteiger partial charge in [-0.1, -0.05) is 13.2 Å². The molecule has 0 N–H and O–H groups in total. The van der Waals surface area contributed by atoms with E-state index in [1.807, 2.05) is 20.8 Å². The standard InChI is InChI=1S/C8H18O3Si.C6H9NO/c1-5-9-12(8-4,10-6-2)11-7-3;1-2-7-5-3-4-6(7)8/h8H,4-7H2,1-3H3;2H,1,3-5H2. The topological polar surface area (TPSA) is 48.0 Å². The minimum absolute atomic E-state index is 0.208. The second kappa shape index (κ2) is 10.8. The number of carbonyl (C=O) groups excluding carboxylic acids is 1. The van der Waals surface area contributed by atoms with Gasteiger partial charge in [-0.05, 0) is 39.1 Å². The van der Waals surface area contributed by atoms with Crippen LogP contribution in [0.1, 0.15) is 33.6 Å². The fourth-order valence-corrected chi connectivity index (χ4v) is 3.58. The molecule has 6 heteroatoms.